The maximum Gasteiger partial charge on any atom is 0.410 e. The van der Waals surface area contributed by atoms with Crippen LogP contribution in [0, 0.1) is 0 Å². The molecule has 0 bridgehead atoms. The van der Waals surface area contributed by atoms with Crippen LogP contribution in [0.2, 0.25) is 5.02 Å². The van der Waals surface area contributed by atoms with Crippen molar-refractivity contribution in [2.75, 3.05) is 18.9 Å². The van der Waals surface area contributed by atoms with Crippen LogP contribution in [0.15, 0.2) is 53.5 Å². The van der Waals surface area contributed by atoms with E-state index in [0.717, 1.165) is 0 Å². The molecule has 1 aliphatic heterocycles. The fourth-order valence-corrected chi connectivity index (χ4v) is 3.90. The number of nitrogen functional groups attached to an aromatic ring is 1. The van der Waals surface area contributed by atoms with Gasteiger partial charge in [-0.2, -0.15) is 0 Å². The van der Waals surface area contributed by atoms with Gasteiger partial charge in [-0.3, -0.25) is 4.79 Å². The largest absolute Gasteiger partial charge is 0.491 e. The molecule has 0 fully saturated rings. The molecule has 1 aromatic heterocycles. The van der Waals surface area contributed by atoms with Gasteiger partial charge in [0.25, 0.3) is 5.56 Å². The zero-order valence-corrected chi connectivity index (χ0v) is 20.9. The van der Waals surface area contributed by atoms with E-state index in [-0.39, 0.29) is 25.3 Å². The highest BCUT2D eigenvalue weighted by Gasteiger charge is 2.25. The number of hydrogen-bond donors (Lipinski definition) is 1. The van der Waals surface area contributed by atoms with Crippen LogP contribution >= 0.6 is 11.6 Å². The standard InChI is InChI=1S/C26H28ClN3O5/c1-26(2,3)35-25(32)30-9-10-33-23-13-24(31)29(4)15-20(23)19-12-18(28)6-8-22(19)34-21-7-5-17(27)11-16(21)14-30/h5-8,11-13,15H,9-10,14,28H2,1-4H3. The van der Waals surface area contributed by atoms with Crippen molar-refractivity contribution >= 4 is 23.4 Å². The van der Waals surface area contributed by atoms with Crippen LogP contribution in [0.4, 0.5) is 10.5 Å². The number of halogens is 1. The Labute approximate surface area is 208 Å². The number of nitrogens with two attached hydrogens (primary N) is 1. The first kappa shape index (κ1) is 24.5. The summed E-state index contributed by atoms with van der Waals surface area (Å²) in [4.78, 5) is 26.9. The first-order valence-corrected chi connectivity index (χ1v) is 11.6. The summed E-state index contributed by atoms with van der Waals surface area (Å²) in [5.41, 5.74) is 7.73. The third-order valence-electron chi connectivity index (χ3n) is 5.36. The highest BCUT2D eigenvalue weighted by Crippen LogP contribution is 2.40. The van der Waals surface area contributed by atoms with Gasteiger partial charge in [0.05, 0.1) is 13.1 Å². The third-order valence-corrected chi connectivity index (χ3v) is 5.59. The van der Waals surface area contributed by atoms with E-state index >= 15 is 0 Å². The molecule has 9 heteroatoms. The number of benzene rings is 2. The normalized spacial score (nSPS) is 13.7. The molecule has 2 aromatic carbocycles. The molecular formula is C26H28ClN3O5. The predicted molar refractivity (Wildman–Crippen MR) is 135 cm³/mol. The second-order valence-corrected chi connectivity index (χ2v) is 9.80. The second-order valence-electron chi connectivity index (χ2n) is 9.36. The number of aryl methyl sites for hydroxylation is 1. The molecule has 0 saturated carbocycles. The molecule has 0 atom stereocenters. The van der Waals surface area contributed by atoms with E-state index in [9.17, 15) is 9.59 Å². The summed E-state index contributed by atoms with van der Waals surface area (Å²) in [7, 11) is 1.66. The van der Waals surface area contributed by atoms with Crippen molar-refractivity contribution in [3.05, 3.63) is 69.6 Å². The minimum absolute atomic E-state index is 0.133. The molecule has 4 rings (SSSR count). The highest BCUT2D eigenvalue weighted by molar-refractivity contribution is 6.30. The average Bonchev–Trinajstić information content (AvgIpc) is 2.76. The molecule has 0 aliphatic carbocycles. The molecule has 0 saturated heterocycles. The van der Waals surface area contributed by atoms with Crippen LogP contribution in [0.1, 0.15) is 26.3 Å². The van der Waals surface area contributed by atoms with E-state index in [1.165, 1.54) is 15.5 Å². The molecule has 35 heavy (non-hydrogen) atoms. The van der Waals surface area contributed by atoms with Gasteiger partial charge in [0.15, 0.2) is 0 Å². The average molecular weight is 498 g/mol. The molecule has 8 nitrogen and oxygen atoms in total. The van der Waals surface area contributed by atoms with E-state index in [4.69, 9.17) is 31.5 Å². The van der Waals surface area contributed by atoms with Gasteiger partial charge in [0.2, 0.25) is 0 Å². The monoisotopic (exact) mass is 497 g/mol. The zero-order valence-electron chi connectivity index (χ0n) is 20.1. The quantitative estimate of drug-likeness (QED) is 0.428. The number of carbonyl (C=O) groups excluding carboxylic acids is 1. The fraction of sp³-hybridized carbons (Fsp3) is 0.308. The van der Waals surface area contributed by atoms with Crippen LogP contribution in [-0.4, -0.2) is 34.3 Å². The summed E-state index contributed by atoms with van der Waals surface area (Å²) in [5.74, 6) is 1.40. The molecule has 0 spiro atoms. The van der Waals surface area contributed by atoms with Gasteiger partial charge in [0.1, 0.15) is 29.5 Å². The zero-order chi connectivity index (χ0) is 25.3. The molecule has 3 aromatic rings. The third kappa shape index (κ3) is 5.71. The summed E-state index contributed by atoms with van der Waals surface area (Å²) in [6, 6.07) is 11.9. The molecule has 2 N–H and O–H groups in total. The minimum Gasteiger partial charge on any atom is -0.491 e. The molecule has 1 aliphatic rings. The summed E-state index contributed by atoms with van der Waals surface area (Å²) in [6.45, 7) is 5.94. The van der Waals surface area contributed by atoms with Crippen molar-refractivity contribution in [3.63, 3.8) is 0 Å². The summed E-state index contributed by atoms with van der Waals surface area (Å²) in [5, 5.41) is 0.512. The predicted octanol–water partition coefficient (Wildman–Crippen LogP) is 5.21. The smallest absolute Gasteiger partial charge is 0.410 e. The van der Waals surface area contributed by atoms with Crippen molar-refractivity contribution in [1.29, 1.82) is 0 Å². The van der Waals surface area contributed by atoms with E-state index in [2.05, 4.69) is 0 Å². The lowest BCUT2D eigenvalue weighted by molar-refractivity contribution is 0.0208. The van der Waals surface area contributed by atoms with Crippen molar-refractivity contribution < 1.29 is 19.0 Å². The lowest BCUT2D eigenvalue weighted by atomic mass is 10.0. The van der Waals surface area contributed by atoms with E-state index in [0.29, 0.717) is 44.6 Å². The van der Waals surface area contributed by atoms with Crippen molar-refractivity contribution in [2.24, 2.45) is 7.05 Å². The molecule has 0 unspecified atom stereocenters. The number of nitrogens with zero attached hydrogens (tertiary/aromatic N) is 2. The maximum atomic E-state index is 13.0. The van der Waals surface area contributed by atoms with Gasteiger partial charge >= 0.3 is 6.09 Å². The van der Waals surface area contributed by atoms with Crippen LogP contribution in [0.3, 0.4) is 0 Å². The summed E-state index contributed by atoms with van der Waals surface area (Å²) < 4.78 is 19.4. The number of aromatic nitrogens is 1. The van der Waals surface area contributed by atoms with Gasteiger partial charge in [-0.25, -0.2) is 4.79 Å². The van der Waals surface area contributed by atoms with Gasteiger partial charge in [-0.15, -0.1) is 0 Å². The van der Waals surface area contributed by atoms with Crippen LogP contribution in [0.25, 0.3) is 11.1 Å². The molecule has 184 valence electrons. The van der Waals surface area contributed by atoms with E-state index < -0.39 is 11.7 Å². The first-order valence-electron chi connectivity index (χ1n) is 11.2. The molecular weight excluding hydrogens is 470 g/mol. The molecule has 1 amide bonds. The van der Waals surface area contributed by atoms with E-state index in [1.54, 1.807) is 70.4 Å². The Hall–Kier alpha value is -3.65. The second kappa shape index (κ2) is 9.54. The van der Waals surface area contributed by atoms with Crippen molar-refractivity contribution in [2.45, 2.75) is 32.9 Å². The van der Waals surface area contributed by atoms with Crippen LogP contribution in [-0.2, 0) is 18.3 Å². The molecule has 2 heterocycles. The Balaban J connectivity index is 1.87. The minimum atomic E-state index is -0.674. The Morgan fingerprint density at radius 1 is 1.06 bits per heavy atom. The lowest BCUT2D eigenvalue weighted by Gasteiger charge is -2.29. The lowest BCUT2D eigenvalue weighted by Crippen LogP contribution is -2.38. The SMILES string of the molecule is Cn1cc2c(cc1=O)OCCN(C(=O)OC(C)(C)C)Cc1cc(Cl)ccc1Oc1ccc(N)cc1-2. The Morgan fingerprint density at radius 3 is 2.54 bits per heavy atom. The Morgan fingerprint density at radius 2 is 1.80 bits per heavy atom. The number of pyridine rings is 1. The number of carbonyl (C=O) groups is 1. The van der Waals surface area contributed by atoms with Gasteiger partial charge < -0.3 is 29.4 Å². The van der Waals surface area contributed by atoms with Crippen LogP contribution < -0.4 is 20.8 Å². The van der Waals surface area contributed by atoms with E-state index in [1.807, 2.05) is 0 Å². The van der Waals surface area contributed by atoms with Crippen molar-refractivity contribution in [3.8, 4) is 28.4 Å². The molecule has 0 radical (unpaired) electrons. The Kier molecular flexibility index (Phi) is 6.67. The number of ether oxygens (including phenoxy) is 3. The number of hydrogen-bond acceptors (Lipinski definition) is 6. The summed E-state index contributed by atoms with van der Waals surface area (Å²) >= 11 is 6.29. The topological polar surface area (TPSA) is 96.0 Å². The number of fused-ring (bicyclic) bond motifs is 4. The van der Waals surface area contributed by atoms with Gasteiger partial charge in [-0.1, -0.05) is 11.6 Å². The Bertz CT molecular complexity index is 1330. The number of rotatable bonds is 0. The van der Waals surface area contributed by atoms with Gasteiger partial charge in [-0.05, 0) is 57.2 Å². The highest BCUT2D eigenvalue weighted by atomic mass is 35.5. The number of anilines is 1. The van der Waals surface area contributed by atoms with Crippen molar-refractivity contribution in [1.82, 2.24) is 9.47 Å². The maximum absolute atomic E-state index is 13.0. The fourth-order valence-electron chi connectivity index (χ4n) is 3.70. The van der Waals surface area contributed by atoms with Crippen LogP contribution in [0.5, 0.6) is 17.2 Å². The summed E-state index contributed by atoms with van der Waals surface area (Å²) in [6.07, 6.45) is 1.18. The van der Waals surface area contributed by atoms with Gasteiger partial charge in [0, 0.05) is 46.7 Å². The first-order chi connectivity index (χ1) is 16.5. The number of amides is 1.